The van der Waals surface area contributed by atoms with Crippen LogP contribution in [0.2, 0.25) is 0 Å². The van der Waals surface area contributed by atoms with Crippen molar-refractivity contribution >= 4 is 30.4 Å². The summed E-state index contributed by atoms with van der Waals surface area (Å²) in [6.07, 6.45) is 4.40. The fourth-order valence-electron chi connectivity index (χ4n) is 0.149. The van der Waals surface area contributed by atoms with Gasteiger partial charge in [0.25, 0.3) is 0 Å². The van der Waals surface area contributed by atoms with Gasteiger partial charge in [-0.2, -0.15) is 0 Å². The second kappa shape index (κ2) is 3.76. The molecule has 3 heteroatoms. The van der Waals surface area contributed by atoms with Gasteiger partial charge in [0.2, 0.25) is 0 Å². The van der Waals surface area contributed by atoms with Gasteiger partial charge in [0.05, 0.1) is 0 Å². The maximum atomic E-state index is 3.60. The summed E-state index contributed by atoms with van der Waals surface area (Å²) < 4.78 is 0. The van der Waals surface area contributed by atoms with E-state index in [4.69, 9.17) is 0 Å². The van der Waals surface area contributed by atoms with Crippen LogP contribution >= 0.6 is 7.23 Å². The van der Waals surface area contributed by atoms with Crippen LogP contribution < -0.4 is 0 Å². The zero-order chi connectivity index (χ0) is 4.99. The predicted octanol–water partition coefficient (Wildman–Crippen LogP) is 0.777. The summed E-state index contributed by atoms with van der Waals surface area (Å²) in [4.78, 5) is 0. The van der Waals surface area contributed by atoms with Crippen molar-refractivity contribution in [3.8, 4) is 0 Å². The standard InChI is InChI=1S/C3H8BPS/c1-4-5-6(2)3/h1H2,2-3H3. The van der Waals surface area contributed by atoms with Crippen LogP contribution in [0.3, 0.4) is 0 Å². The average molecular weight is 118 g/mol. The first-order chi connectivity index (χ1) is 2.77. The first-order valence-corrected chi connectivity index (χ1v) is 5.28. The predicted molar refractivity (Wildman–Crippen MR) is 39.0 cm³/mol. The summed E-state index contributed by atoms with van der Waals surface area (Å²) >= 11 is 0. The van der Waals surface area contributed by atoms with E-state index in [-0.39, 0.29) is 0 Å². The molecule has 0 N–H and O–H groups in total. The summed E-state index contributed by atoms with van der Waals surface area (Å²) in [5.74, 6) is 0. The van der Waals surface area contributed by atoms with E-state index in [2.05, 4.69) is 19.0 Å². The molecule has 0 saturated carbocycles. The molecule has 0 atom stereocenters. The van der Waals surface area contributed by atoms with E-state index in [1.165, 1.54) is 7.23 Å². The summed E-state index contributed by atoms with van der Waals surface area (Å²) in [6.45, 7) is 5.53. The number of rotatable bonds is 1. The van der Waals surface area contributed by atoms with Crippen LogP contribution in [0.1, 0.15) is 0 Å². The molecule has 34 valence electrons. The van der Waals surface area contributed by atoms with Crippen LogP contribution in [0.5, 0.6) is 0 Å². The van der Waals surface area contributed by atoms with Gasteiger partial charge < -0.3 is 0 Å². The first-order valence-electron chi connectivity index (χ1n) is 1.67. The van der Waals surface area contributed by atoms with Gasteiger partial charge in [-0.1, -0.05) is 0 Å². The third-order valence-electron chi connectivity index (χ3n) is 0.285. The Balaban J connectivity index is 3.41. The van der Waals surface area contributed by atoms with Crippen molar-refractivity contribution < 1.29 is 0 Å². The third-order valence-corrected chi connectivity index (χ3v) is 2.57. The molecule has 0 bridgehead atoms. The summed E-state index contributed by atoms with van der Waals surface area (Å²) in [5, 5.41) is 0. The average Bonchev–Trinajstić information content (AvgIpc) is 1.35. The topological polar surface area (TPSA) is 0 Å². The van der Waals surface area contributed by atoms with Crippen LogP contribution in [0.25, 0.3) is 0 Å². The van der Waals surface area contributed by atoms with E-state index < -0.39 is 0 Å². The second-order valence-electron chi connectivity index (χ2n) is 1.06. The molecule has 0 aliphatic rings. The molecule has 0 nitrogen and oxygen atoms in total. The van der Waals surface area contributed by atoms with Crippen molar-refractivity contribution in [2.45, 2.75) is 0 Å². The van der Waals surface area contributed by atoms with Crippen LogP contribution in [0, 0.1) is 0 Å². The normalized spacial score (nSPS) is 9.17. The molecule has 0 aliphatic heterocycles. The molecule has 0 aromatic heterocycles. The van der Waals surface area contributed by atoms with Crippen LogP contribution in [-0.4, -0.2) is 25.6 Å². The van der Waals surface area contributed by atoms with Crippen molar-refractivity contribution in [1.29, 1.82) is 0 Å². The molecule has 0 aliphatic carbocycles. The number of hydrogen-bond donors (Lipinski definition) is 0. The van der Waals surface area contributed by atoms with Crippen LogP contribution in [0.15, 0.2) is 0 Å². The van der Waals surface area contributed by atoms with E-state index in [9.17, 15) is 0 Å². The molecule has 0 unspecified atom stereocenters. The van der Waals surface area contributed by atoms with Crippen LogP contribution in [0.4, 0.5) is 0 Å². The van der Waals surface area contributed by atoms with E-state index in [0.29, 0.717) is 10.1 Å². The second-order valence-corrected chi connectivity index (χ2v) is 6.01. The molecule has 0 fully saturated rings. The van der Waals surface area contributed by atoms with Gasteiger partial charge in [-0.25, -0.2) is 0 Å². The molecular formula is C3H8BPS. The van der Waals surface area contributed by atoms with Gasteiger partial charge in [-0.3, -0.25) is 0 Å². The summed E-state index contributed by atoms with van der Waals surface area (Å²) in [5.41, 5.74) is 0. The summed E-state index contributed by atoms with van der Waals surface area (Å²) in [6, 6.07) is 0. The Labute approximate surface area is 43.6 Å². The van der Waals surface area contributed by atoms with E-state index in [1.54, 1.807) is 0 Å². The third kappa shape index (κ3) is 4.58. The van der Waals surface area contributed by atoms with Crippen molar-refractivity contribution in [2.24, 2.45) is 0 Å². The van der Waals surface area contributed by atoms with E-state index in [1.807, 2.05) is 6.64 Å². The first kappa shape index (κ1) is 6.58. The van der Waals surface area contributed by atoms with Gasteiger partial charge in [-0.05, 0) is 0 Å². The zero-order valence-electron chi connectivity index (χ0n) is 4.14. The van der Waals surface area contributed by atoms with Crippen molar-refractivity contribution in [2.75, 3.05) is 12.5 Å². The molecule has 0 spiro atoms. The van der Waals surface area contributed by atoms with Gasteiger partial charge in [0.1, 0.15) is 0 Å². The minimum atomic E-state index is 0.539. The summed E-state index contributed by atoms with van der Waals surface area (Å²) in [7, 11) is 1.91. The molecule has 0 amide bonds. The molecule has 0 saturated heterocycles. The van der Waals surface area contributed by atoms with Crippen LogP contribution in [-0.2, 0) is 10.1 Å². The molecule has 0 radical (unpaired) electrons. The van der Waals surface area contributed by atoms with Gasteiger partial charge in [-0.15, -0.1) is 0 Å². The molecule has 0 aromatic carbocycles. The minimum absolute atomic E-state index is 0.539. The zero-order valence-corrected chi connectivity index (χ0v) is 5.85. The molecule has 0 heterocycles. The van der Waals surface area contributed by atoms with Gasteiger partial charge in [0, 0.05) is 0 Å². The van der Waals surface area contributed by atoms with Crippen molar-refractivity contribution in [1.82, 2.24) is 0 Å². The molecule has 6 heavy (non-hydrogen) atoms. The molecule has 0 rings (SSSR count). The fraction of sp³-hybridized carbons (Fsp3) is 0.667. The maximum absolute atomic E-state index is 3.60. The fourth-order valence-corrected chi connectivity index (χ4v) is 1.34. The van der Waals surface area contributed by atoms with Crippen molar-refractivity contribution in [3.63, 3.8) is 0 Å². The monoisotopic (exact) mass is 118 g/mol. The Bertz CT molecular complexity index is 74.9. The van der Waals surface area contributed by atoms with Gasteiger partial charge in [0.15, 0.2) is 0 Å². The Morgan fingerprint density at radius 1 is 1.67 bits per heavy atom. The number of hydrogen-bond acceptors (Lipinski definition) is 0. The Morgan fingerprint density at radius 2 is 2.17 bits per heavy atom. The SMILES string of the molecule is C=BP=S(C)C. The Morgan fingerprint density at radius 3 is 2.17 bits per heavy atom. The van der Waals surface area contributed by atoms with Crippen molar-refractivity contribution in [3.05, 3.63) is 0 Å². The van der Waals surface area contributed by atoms with Gasteiger partial charge >= 0.3 is 42.9 Å². The Hall–Kier alpha value is 0.585. The molecule has 0 aromatic rings. The molecular weight excluding hydrogens is 110 g/mol. The Kier molecular flexibility index (Phi) is 4.13. The van der Waals surface area contributed by atoms with E-state index in [0.717, 1.165) is 0 Å². The quantitative estimate of drug-likeness (QED) is 0.352. The van der Waals surface area contributed by atoms with E-state index >= 15 is 0 Å².